The van der Waals surface area contributed by atoms with Crippen LogP contribution in [0.5, 0.6) is 0 Å². The van der Waals surface area contributed by atoms with Gasteiger partial charge in [-0.3, -0.25) is 9.69 Å². The minimum Gasteiger partial charge on any atom is -0.377 e. The summed E-state index contributed by atoms with van der Waals surface area (Å²) in [6.45, 7) is 4.59. The van der Waals surface area contributed by atoms with Crippen LogP contribution < -0.4 is 9.80 Å². The number of aromatic nitrogens is 1. The first-order chi connectivity index (χ1) is 9.20. The van der Waals surface area contributed by atoms with Gasteiger partial charge in [0.2, 0.25) is 5.91 Å². The summed E-state index contributed by atoms with van der Waals surface area (Å²) in [5.41, 5.74) is 0.938. The third-order valence-corrected chi connectivity index (χ3v) is 3.84. The molecule has 0 N–H and O–H groups in total. The van der Waals surface area contributed by atoms with Crippen molar-refractivity contribution in [2.45, 2.75) is 19.4 Å². The Morgan fingerprint density at radius 1 is 1.58 bits per heavy atom. The first kappa shape index (κ1) is 12.7. The van der Waals surface area contributed by atoms with Gasteiger partial charge in [-0.2, -0.15) is 0 Å². The van der Waals surface area contributed by atoms with Crippen molar-refractivity contribution in [1.29, 1.82) is 0 Å². The standard InChI is InChI=1S/C13H16ClN3O2/c1-2-16-12(18)6-10-8-19-4-3-17(10)11-5-9(14)7-15-13(11)16/h5,7,10H,2-4,6,8H2,1H3/t10-/m0/s1. The van der Waals surface area contributed by atoms with E-state index >= 15 is 0 Å². The van der Waals surface area contributed by atoms with Gasteiger partial charge in [-0.25, -0.2) is 4.98 Å². The molecule has 0 unspecified atom stereocenters. The molecule has 2 aliphatic rings. The van der Waals surface area contributed by atoms with Crippen molar-refractivity contribution >= 4 is 29.0 Å². The third-order valence-electron chi connectivity index (χ3n) is 3.63. The zero-order valence-corrected chi connectivity index (χ0v) is 11.6. The lowest BCUT2D eigenvalue weighted by molar-refractivity contribution is -0.119. The molecule has 19 heavy (non-hydrogen) atoms. The van der Waals surface area contributed by atoms with Gasteiger partial charge in [0.05, 0.1) is 30.0 Å². The van der Waals surface area contributed by atoms with Gasteiger partial charge in [-0.1, -0.05) is 11.6 Å². The fourth-order valence-electron chi connectivity index (χ4n) is 2.74. The number of halogens is 1. The van der Waals surface area contributed by atoms with E-state index < -0.39 is 0 Å². The molecule has 1 atom stereocenters. The molecule has 102 valence electrons. The lowest BCUT2D eigenvalue weighted by Crippen LogP contribution is -2.46. The normalized spacial score (nSPS) is 22.8. The monoisotopic (exact) mass is 281 g/mol. The number of rotatable bonds is 1. The second-order valence-electron chi connectivity index (χ2n) is 4.76. The molecule has 0 radical (unpaired) electrons. The Bertz CT molecular complexity index is 509. The van der Waals surface area contributed by atoms with Crippen molar-refractivity contribution in [2.24, 2.45) is 0 Å². The Morgan fingerprint density at radius 3 is 3.21 bits per heavy atom. The van der Waals surface area contributed by atoms with Crippen LogP contribution in [0, 0.1) is 0 Å². The fraction of sp³-hybridized carbons (Fsp3) is 0.538. The van der Waals surface area contributed by atoms with E-state index in [0.29, 0.717) is 37.0 Å². The number of hydrogen-bond donors (Lipinski definition) is 0. The number of nitrogens with zero attached hydrogens (tertiary/aromatic N) is 3. The van der Waals surface area contributed by atoms with E-state index in [9.17, 15) is 4.79 Å². The number of pyridine rings is 1. The van der Waals surface area contributed by atoms with Gasteiger partial charge in [-0.15, -0.1) is 0 Å². The molecule has 0 aromatic carbocycles. The number of fused-ring (bicyclic) bond motifs is 3. The second-order valence-corrected chi connectivity index (χ2v) is 5.20. The molecule has 2 aliphatic heterocycles. The van der Waals surface area contributed by atoms with Crippen LogP contribution in [-0.2, 0) is 9.53 Å². The third kappa shape index (κ3) is 2.17. The Hall–Kier alpha value is -1.33. The van der Waals surface area contributed by atoms with E-state index in [-0.39, 0.29) is 11.9 Å². The van der Waals surface area contributed by atoms with Crippen LogP contribution in [0.2, 0.25) is 5.02 Å². The number of ether oxygens (including phenoxy) is 1. The predicted octanol–water partition coefficient (Wildman–Crippen LogP) is 1.70. The zero-order valence-electron chi connectivity index (χ0n) is 10.8. The van der Waals surface area contributed by atoms with E-state index in [4.69, 9.17) is 16.3 Å². The molecule has 0 aliphatic carbocycles. The van der Waals surface area contributed by atoms with Gasteiger partial charge >= 0.3 is 0 Å². The Morgan fingerprint density at radius 2 is 2.42 bits per heavy atom. The molecule has 0 saturated carbocycles. The first-order valence-electron chi connectivity index (χ1n) is 6.51. The summed E-state index contributed by atoms with van der Waals surface area (Å²) in [4.78, 5) is 20.6. The number of carbonyl (C=O) groups is 1. The predicted molar refractivity (Wildman–Crippen MR) is 73.8 cm³/mol. The summed E-state index contributed by atoms with van der Waals surface area (Å²) >= 11 is 6.06. The van der Waals surface area contributed by atoms with Crippen LogP contribution in [0.3, 0.4) is 0 Å². The number of anilines is 2. The van der Waals surface area contributed by atoms with Crippen LogP contribution in [0.1, 0.15) is 13.3 Å². The van der Waals surface area contributed by atoms with Crippen molar-refractivity contribution in [3.8, 4) is 0 Å². The smallest absolute Gasteiger partial charge is 0.230 e. The lowest BCUT2D eigenvalue weighted by atomic mass is 10.1. The summed E-state index contributed by atoms with van der Waals surface area (Å²) in [5, 5.41) is 0.592. The molecule has 0 bridgehead atoms. The molecule has 1 saturated heterocycles. The molecule has 0 spiro atoms. The van der Waals surface area contributed by atoms with Crippen molar-refractivity contribution < 1.29 is 9.53 Å². The topological polar surface area (TPSA) is 45.7 Å². The largest absolute Gasteiger partial charge is 0.377 e. The quantitative estimate of drug-likeness (QED) is 0.786. The second kappa shape index (κ2) is 4.98. The van der Waals surface area contributed by atoms with Gasteiger partial charge in [0.15, 0.2) is 5.82 Å². The minimum absolute atomic E-state index is 0.0804. The Balaban J connectivity index is 2.12. The maximum atomic E-state index is 12.3. The summed E-state index contributed by atoms with van der Waals surface area (Å²) < 4.78 is 5.49. The molecule has 5 nitrogen and oxygen atoms in total. The maximum absolute atomic E-state index is 12.3. The van der Waals surface area contributed by atoms with E-state index in [0.717, 1.165) is 12.2 Å². The van der Waals surface area contributed by atoms with E-state index in [1.54, 1.807) is 11.1 Å². The minimum atomic E-state index is 0.0804. The Labute approximate surface area is 117 Å². The van der Waals surface area contributed by atoms with Crippen LogP contribution in [-0.4, -0.2) is 43.2 Å². The summed E-state index contributed by atoms with van der Waals surface area (Å²) in [7, 11) is 0. The maximum Gasteiger partial charge on any atom is 0.230 e. The van der Waals surface area contributed by atoms with E-state index in [1.165, 1.54) is 0 Å². The lowest BCUT2D eigenvalue weighted by Gasteiger charge is -2.35. The molecule has 1 fully saturated rings. The molecular weight excluding hydrogens is 266 g/mol. The van der Waals surface area contributed by atoms with Crippen LogP contribution >= 0.6 is 11.6 Å². The number of amides is 1. The fourth-order valence-corrected chi connectivity index (χ4v) is 2.89. The zero-order chi connectivity index (χ0) is 13.4. The highest BCUT2D eigenvalue weighted by Gasteiger charge is 2.34. The molecule has 6 heteroatoms. The number of hydrogen-bond acceptors (Lipinski definition) is 4. The number of morpholine rings is 1. The van der Waals surface area contributed by atoms with Gasteiger partial charge in [0, 0.05) is 25.7 Å². The van der Waals surface area contributed by atoms with Crippen LogP contribution in [0.25, 0.3) is 0 Å². The summed E-state index contributed by atoms with van der Waals surface area (Å²) in [6, 6.07) is 1.97. The Kier molecular flexibility index (Phi) is 3.33. The molecule has 3 rings (SSSR count). The highest BCUT2D eigenvalue weighted by atomic mass is 35.5. The van der Waals surface area contributed by atoms with Gasteiger partial charge < -0.3 is 9.64 Å². The van der Waals surface area contributed by atoms with Crippen LogP contribution in [0.4, 0.5) is 11.5 Å². The molecule has 1 amide bonds. The first-order valence-corrected chi connectivity index (χ1v) is 6.88. The van der Waals surface area contributed by atoms with Gasteiger partial charge in [-0.05, 0) is 13.0 Å². The van der Waals surface area contributed by atoms with E-state index in [2.05, 4.69) is 9.88 Å². The van der Waals surface area contributed by atoms with Gasteiger partial charge in [0.1, 0.15) is 0 Å². The molecule has 1 aromatic heterocycles. The van der Waals surface area contributed by atoms with Crippen molar-refractivity contribution in [3.63, 3.8) is 0 Å². The van der Waals surface area contributed by atoms with E-state index in [1.807, 2.05) is 13.0 Å². The molecular formula is C13H16ClN3O2. The highest BCUT2D eigenvalue weighted by Crippen LogP contribution is 2.35. The van der Waals surface area contributed by atoms with Crippen molar-refractivity contribution in [3.05, 3.63) is 17.3 Å². The number of carbonyl (C=O) groups excluding carboxylic acids is 1. The SMILES string of the molecule is CCN1C(=O)C[C@H]2COCCN2c2cc(Cl)cnc21. The molecule has 3 heterocycles. The summed E-state index contributed by atoms with van der Waals surface area (Å²) in [5.74, 6) is 0.804. The average molecular weight is 282 g/mol. The highest BCUT2D eigenvalue weighted by molar-refractivity contribution is 6.30. The molecule has 1 aromatic rings. The van der Waals surface area contributed by atoms with Gasteiger partial charge in [0.25, 0.3) is 0 Å². The average Bonchev–Trinajstić information content (AvgIpc) is 2.52. The summed E-state index contributed by atoms with van der Waals surface area (Å²) in [6.07, 6.45) is 2.05. The van der Waals surface area contributed by atoms with Crippen LogP contribution in [0.15, 0.2) is 12.3 Å². The van der Waals surface area contributed by atoms with Crippen molar-refractivity contribution in [1.82, 2.24) is 4.98 Å². The van der Waals surface area contributed by atoms with Crippen molar-refractivity contribution in [2.75, 3.05) is 36.1 Å².